The molecule has 2 N–H and O–H groups in total. The Morgan fingerprint density at radius 1 is 1.04 bits per heavy atom. The van der Waals surface area contributed by atoms with E-state index in [0.29, 0.717) is 12.0 Å². The maximum atomic E-state index is 13.8. The molecule has 0 saturated carbocycles. The molecule has 27 heavy (non-hydrogen) atoms. The van der Waals surface area contributed by atoms with Crippen LogP contribution >= 0.6 is 7.37 Å². The molecule has 4 nitrogen and oxygen atoms in total. The Bertz CT molecular complexity index is 802. The number of carbonyl (C=O) groups is 1. The molecule has 4 unspecified atom stereocenters. The summed E-state index contributed by atoms with van der Waals surface area (Å²) < 4.78 is 13.8. The molecule has 0 aliphatic rings. The zero-order valence-electron chi connectivity index (χ0n) is 15.7. The first kappa shape index (κ1) is 21.1. The molecular formula is C22H27O4P. The normalized spacial score (nSPS) is 17.1. The number of carboxylic acids is 1. The minimum atomic E-state index is -3.91. The highest BCUT2D eigenvalue weighted by Crippen LogP contribution is 2.64. The van der Waals surface area contributed by atoms with Crippen LogP contribution in [0.2, 0.25) is 0 Å². The van der Waals surface area contributed by atoms with Gasteiger partial charge in [0.15, 0.2) is 0 Å². The highest BCUT2D eigenvalue weighted by molar-refractivity contribution is 7.59. The molecular weight excluding hydrogens is 359 g/mol. The molecule has 0 aliphatic carbocycles. The van der Waals surface area contributed by atoms with E-state index in [1.54, 1.807) is 49.4 Å². The fourth-order valence-electron chi connectivity index (χ4n) is 3.51. The molecule has 0 fully saturated rings. The summed E-state index contributed by atoms with van der Waals surface area (Å²) in [5.41, 5.74) is -0.294. The van der Waals surface area contributed by atoms with Crippen molar-refractivity contribution >= 4 is 13.3 Å². The van der Waals surface area contributed by atoms with Gasteiger partial charge in [0.1, 0.15) is 0 Å². The lowest BCUT2D eigenvalue weighted by Crippen LogP contribution is -2.27. The fraction of sp³-hybridized carbons (Fsp3) is 0.318. The first-order valence-electron chi connectivity index (χ1n) is 9.21. The maximum absolute atomic E-state index is 13.8. The zero-order chi connectivity index (χ0) is 19.9. The number of benzene rings is 2. The molecule has 0 amide bonds. The summed E-state index contributed by atoms with van der Waals surface area (Å²) in [6.07, 6.45) is 4.50. The van der Waals surface area contributed by atoms with Gasteiger partial charge in [0.05, 0.1) is 17.2 Å². The Hall–Kier alpha value is -2.16. The van der Waals surface area contributed by atoms with Gasteiger partial charge < -0.3 is 10.00 Å². The molecule has 0 radical (unpaired) electrons. The average Bonchev–Trinajstić information content (AvgIpc) is 2.67. The van der Waals surface area contributed by atoms with Crippen LogP contribution in [0.5, 0.6) is 0 Å². The Morgan fingerprint density at radius 3 is 2.00 bits per heavy atom. The molecule has 2 aromatic rings. The lowest BCUT2D eigenvalue weighted by molar-refractivity contribution is -0.138. The second kappa shape index (κ2) is 9.68. The van der Waals surface area contributed by atoms with Gasteiger partial charge in [0.2, 0.25) is 7.37 Å². The molecule has 0 spiro atoms. The molecule has 4 atom stereocenters. The lowest BCUT2D eigenvalue weighted by atomic mass is 9.95. The molecule has 5 heteroatoms. The van der Waals surface area contributed by atoms with Gasteiger partial charge in [-0.3, -0.25) is 9.36 Å². The summed E-state index contributed by atoms with van der Waals surface area (Å²) in [6, 6.07) is 17.9. The summed E-state index contributed by atoms with van der Waals surface area (Å²) in [5.74, 6) is -2.18. The van der Waals surface area contributed by atoms with E-state index in [9.17, 15) is 19.4 Å². The highest BCUT2D eigenvalue weighted by atomic mass is 31.2. The molecule has 2 rings (SSSR count). The van der Waals surface area contributed by atoms with Crippen LogP contribution in [-0.2, 0) is 9.36 Å². The standard InChI is InChI=1S/C22H27O4P/c1-3-11-19(17-13-7-5-8-14-17)27(25,26)20(12-4-2)21(22(23)24)18-15-9-6-10-16-18/h4-10,12-16,19-21H,3,11H2,1-2H3,(H,23,24)(H,25,26). The Morgan fingerprint density at radius 2 is 1.56 bits per heavy atom. The topological polar surface area (TPSA) is 74.6 Å². The SMILES string of the molecule is CC=CC(C(C(=O)O)c1ccccc1)P(=O)(O)C(CCC)c1ccccc1. The van der Waals surface area contributed by atoms with E-state index in [2.05, 4.69) is 0 Å². The molecule has 0 saturated heterocycles. The minimum absolute atomic E-state index is 0.521. The fourth-order valence-corrected chi connectivity index (χ4v) is 6.30. The first-order valence-corrected chi connectivity index (χ1v) is 11.0. The molecule has 0 aliphatic heterocycles. The van der Waals surface area contributed by atoms with E-state index >= 15 is 0 Å². The number of hydrogen-bond donors (Lipinski definition) is 2. The first-order chi connectivity index (χ1) is 12.9. The summed E-state index contributed by atoms with van der Waals surface area (Å²) >= 11 is 0. The summed E-state index contributed by atoms with van der Waals surface area (Å²) in [7, 11) is -3.91. The maximum Gasteiger partial charge on any atom is 0.312 e. The lowest BCUT2D eigenvalue weighted by Gasteiger charge is -2.32. The van der Waals surface area contributed by atoms with Gasteiger partial charge in [-0.15, -0.1) is 0 Å². The Labute approximate surface area is 161 Å². The highest BCUT2D eigenvalue weighted by Gasteiger charge is 2.45. The average molecular weight is 386 g/mol. The van der Waals surface area contributed by atoms with Crippen molar-refractivity contribution < 1.29 is 19.4 Å². The number of rotatable bonds is 9. The smallest absolute Gasteiger partial charge is 0.312 e. The van der Waals surface area contributed by atoms with Crippen LogP contribution in [0.15, 0.2) is 72.8 Å². The Balaban J connectivity index is 2.57. The van der Waals surface area contributed by atoms with Crippen molar-refractivity contribution in [2.75, 3.05) is 0 Å². The van der Waals surface area contributed by atoms with Crippen molar-refractivity contribution in [1.82, 2.24) is 0 Å². The predicted octanol–water partition coefficient (Wildman–Crippen LogP) is 5.61. The van der Waals surface area contributed by atoms with E-state index in [0.717, 1.165) is 12.0 Å². The van der Waals surface area contributed by atoms with Gasteiger partial charge >= 0.3 is 5.97 Å². The van der Waals surface area contributed by atoms with E-state index in [1.807, 2.05) is 37.3 Å². The van der Waals surface area contributed by atoms with Crippen molar-refractivity contribution in [2.45, 2.75) is 43.9 Å². The van der Waals surface area contributed by atoms with E-state index < -0.39 is 30.6 Å². The van der Waals surface area contributed by atoms with Crippen molar-refractivity contribution in [3.63, 3.8) is 0 Å². The third-order valence-corrected chi connectivity index (χ3v) is 7.55. The second-order valence-electron chi connectivity index (χ2n) is 6.63. The van der Waals surface area contributed by atoms with Gasteiger partial charge in [-0.1, -0.05) is 86.2 Å². The molecule has 144 valence electrons. The molecule has 0 heterocycles. The Kier molecular flexibility index (Phi) is 7.58. The van der Waals surface area contributed by atoms with Gasteiger partial charge in [0.25, 0.3) is 0 Å². The van der Waals surface area contributed by atoms with E-state index in [-0.39, 0.29) is 0 Å². The van der Waals surface area contributed by atoms with Crippen molar-refractivity contribution in [1.29, 1.82) is 0 Å². The van der Waals surface area contributed by atoms with Crippen LogP contribution in [0.4, 0.5) is 0 Å². The van der Waals surface area contributed by atoms with Crippen molar-refractivity contribution in [3.8, 4) is 0 Å². The van der Waals surface area contributed by atoms with Gasteiger partial charge in [0, 0.05) is 0 Å². The van der Waals surface area contributed by atoms with Crippen LogP contribution in [0.25, 0.3) is 0 Å². The predicted molar refractivity (Wildman–Crippen MR) is 109 cm³/mol. The van der Waals surface area contributed by atoms with Crippen LogP contribution in [0.3, 0.4) is 0 Å². The van der Waals surface area contributed by atoms with Gasteiger partial charge in [-0.05, 0) is 24.5 Å². The number of hydrogen-bond acceptors (Lipinski definition) is 2. The van der Waals surface area contributed by atoms with Crippen molar-refractivity contribution in [2.24, 2.45) is 0 Å². The molecule has 2 aromatic carbocycles. The summed E-state index contributed by atoms with van der Waals surface area (Å²) in [5, 5.41) is 9.90. The van der Waals surface area contributed by atoms with E-state index in [1.165, 1.54) is 0 Å². The zero-order valence-corrected chi connectivity index (χ0v) is 16.6. The van der Waals surface area contributed by atoms with Crippen LogP contribution < -0.4 is 0 Å². The number of carboxylic acid groups (broad SMARTS) is 1. The third-order valence-electron chi connectivity index (χ3n) is 4.78. The second-order valence-corrected chi connectivity index (χ2v) is 9.20. The van der Waals surface area contributed by atoms with Gasteiger partial charge in [-0.25, -0.2) is 0 Å². The monoisotopic (exact) mass is 386 g/mol. The summed E-state index contributed by atoms with van der Waals surface area (Å²) in [4.78, 5) is 23.4. The largest absolute Gasteiger partial charge is 0.481 e. The summed E-state index contributed by atoms with van der Waals surface area (Å²) in [6.45, 7) is 3.71. The number of allylic oxidation sites excluding steroid dienone is 2. The van der Waals surface area contributed by atoms with E-state index in [4.69, 9.17) is 0 Å². The van der Waals surface area contributed by atoms with Crippen LogP contribution in [0, 0.1) is 0 Å². The van der Waals surface area contributed by atoms with Gasteiger partial charge in [-0.2, -0.15) is 0 Å². The third kappa shape index (κ3) is 4.97. The van der Waals surface area contributed by atoms with Crippen molar-refractivity contribution in [3.05, 3.63) is 83.9 Å². The quantitative estimate of drug-likeness (QED) is 0.434. The van der Waals surface area contributed by atoms with Crippen LogP contribution in [-0.4, -0.2) is 21.6 Å². The van der Waals surface area contributed by atoms with Crippen LogP contribution in [0.1, 0.15) is 49.4 Å². The number of aliphatic carboxylic acids is 1. The molecule has 0 aromatic heterocycles. The molecule has 0 bridgehead atoms. The minimum Gasteiger partial charge on any atom is -0.481 e.